The summed E-state index contributed by atoms with van der Waals surface area (Å²) >= 11 is 1.40. The molecule has 0 saturated heterocycles. The van der Waals surface area contributed by atoms with Gasteiger partial charge < -0.3 is 9.47 Å². The number of aromatic nitrogens is 2. The first-order chi connectivity index (χ1) is 10.2. The van der Waals surface area contributed by atoms with Crippen molar-refractivity contribution in [3.63, 3.8) is 0 Å². The summed E-state index contributed by atoms with van der Waals surface area (Å²) < 4.78 is 1.88. The van der Waals surface area contributed by atoms with E-state index >= 15 is 0 Å². The van der Waals surface area contributed by atoms with Crippen LogP contribution in [0.25, 0.3) is 0 Å². The van der Waals surface area contributed by atoms with Gasteiger partial charge in [0.25, 0.3) is 0 Å². The van der Waals surface area contributed by atoms with Gasteiger partial charge in [-0.1, -0.05) is 30.0 Å². The lowest BCUT2D eigenvalue weighted by atomic mass is 10.2. The Bertz CT molecular complexity index is 633. The Morgan fingerprint density at radius 3 is 2.81 bits per heavy atom. The van der Waals surface area contributed by atoms with Crippen LogP contribution >= 0.6 is 11.8 Å². The highest BCUT2D eigenvalue weighted by atomic mass is 32.2. The smallest absolute Gasteiger partial charge is 0.237 e. The molecule has 0 aliphatic rings. The molecule has 108 valence electrons. The summed E-state index contributed by atoms with van der Waals surface area (Å²) in [6, 6.07) is 11.5. The number of hydrogen-bond acceptors (Lipinski definition) is 4. The molecule has 2 rings (SSSR count). The lowest BCUT2D eigenvalue weighted by molar-refractivity contribution is -0.116. The lowest BCUT2D eigenvalue weighted by Crippen LogP contribution is -2.33. The van der Waals surface area contributed by atoms with Crippen molar-refractivity contribution in [1.82, 2.24) is 9.55 Å². The van der Waals surface area contributed by atoms with Crippen molar-refractivity contribution in [1.29, 1.82) is 5.26 Å². The number of aryl methyl sites for hydroxylation is 1. The van der Waals surface area contributed by atoms with E-state index in [1.54, 1.807) is 11.1 Å². The first-order valence-electron chi connectivity index (χ1n) is 6.55. The van der Waals surface area contributed by atoms with E-state index in [1.807, 2.05) is 48.1 Å². The number of carbonyl (C=O) groups excluding carboxylic acids is 1. The van der Waals surface area contributed by atoms with E-state index in [1.165, 1.54) is 11.8 Å². The minimum atomic E-state index is -0.0237. The summed E-state index contributed by atoms with van der Waals surface area (Å²) in [7, 11) is 1.89. The van der Waals surface area contributed by atoms with Gasteiger partial charge in [-0.25, -0.2) is 4.98 Å². The number of anilines is 1. The van der Waals surface area contributed by atoms with Crippen molar-refractivity contribution < 1.29 is 4.79 Å². The summed E-state index contributed by atoms with van der Waals surface area (Å²) in [5.74, 6) is 0.273. The molecule has 1 aromatic carbocycles. The minimum absolute atomic E-state index is 0.0237. The molecule has 21 heavy (non-hydrogen) atoms. The Hall–Kier alpha value is -2.26. The number of amides is 1. The summed E-state index contributed by atoms with van der Waals surface area (Å²) in [4.78, 5) is 18.3. The van der Waals surface area contributed by atoms with E-state index in [9.17, 15) is 4.79 Å². The van der Waals surface area contributed by atoms with E-state index in [-0.39, 0.29) is 5.91 Å². The van der Waals surface area contributed by atoms with Crippen LogP contribution in [0.5, 0.6) is 0 Å². The van der Waals surface area contributed by atoms with Crippen LogP contribution in [0.4, 0.5) is 5.69 Å². The molecule has 6 heteroatoms. The van der Waals surface area contributed by atoms with E-state index < -0.39 is 0 Å². The quantitative estimate of drug-likeness (QED) is 0.769. The van der Waals surface area contributed by atoms with Crippen molar-refractivity contribution in [2.24, 2.45) is 7.05 Å². The molecule has 0 aliphatic heterocycles. The number of nitrogens with zero attached hydrogens (tertiary/aromatic N) is 4. The number of benzene rings is 1. The fourth-order valence-electron chi connectivity index (χ4n) is 1.86. The maximum atomic E-state index is 12.4. The Balaban J connectivity index is 2.04. The SMILES string of the molecule is Cn1ccnc1SCC(=O)N(CCC#N)c1ccccc1. The zero-order valence-corrected chi connectivity index (χ0v) is 12.6. The van der Waals surface area contributed by atoms with Gasteiger partial charge in [-0.2, -0.15) is 5.26 Å². The molecule has 0 spiro atoms. The second kappa shape index (κ2) is 7.50. The molecule has 1 amide bonds. The number of para-hydroxylation sites is 1. The number of rotatable bonds is 6. The van der Waals surface area contributed by atoms with Crippen LogP contribution in [0, 0.1) is 11.3 Å². The summed E-state index contributed by atoms with van der Waals surface area (Å²) in [5.41, 5.74) is 0.818. The molecule has 0 N–H and O–H groups in total. The minimum Gasteiger partial charge on any atom is -0.329 e. The predicted octanol–water partition coefficient (Wildman–Crippen LogP) is 2.46. The predicted molar refractivity (Wildman–Crippen MR) is 83.0 cm³/mol. The van der Waals surface area contributed by atoms with Gasteiger partial charge >= 0.3 is 0 Å². The van der Waals surface area contributed by atoms with Gasteiger partial charge in [0.2, 0.25) is 5.91 Å². The van der Waals surface area contributed by atoms with Crippen LogP contribution < -0.4 is 4.90 Å². The van der Waals surface area contributed by atoms with Gasteiger partial charge in [-0.05, 0) is 12.1 Å². The highest BCUT2D eigenvalue weighted by molar-refractivity contribution is 7.99. The average molecular weight is 300 g/mol. The number of thioether (sulfide) groups is 1. The van der Waals surface area contributed by atoms with Crippen LogP contribution in [0.3, 0.4) is 0 Å². The third kappa shape index (κ3) is 4.10. The second-order valence-corrected chi connectivity index (χ2v) is 5.34. The Morgan fingerprint density at radius 2 is 2.19 bits per heavy atom. The van der Waals surface area contributed by atoms with Crippen LogP contribution in [-0.2, 0) is 11.8 Å². The van der Waals surface area contributed by atoms with Gasteiger partial charge in [0, 0.05) is 31.7 Å². The highest BCUT2D eigenvalue weighted by Crippen LogP contribution is 2.19. The zero-order valence-electron chi connectivity index (χ0n) is 11.8. The van der Waals surface area contributed by atoms with Crippen LogP contribution in [0.1, 0.15) is 6.42 Å². The molecule has 2 aromatic rings. The van der Waals surface area contributed by atoms with Crippen molar-refractivity contribution in [3.8, 4) is 6.07 Å². The fourth-order valence-corrected chi connectivity index (χ4v) is 2.67. The number of nitriles is 1. The second-order valence-electron chi connectivity index (χ2n) is 4.40. The van der Waals surface area contributed by atoms with Gasteiger partial charge in [0.15, 0.2) is 5.16 Å². The summed E-state index contributed by atoms with van der Waals surface area (Å²) in [6.45, 7) is 0.403. The molecule has 1 heterocycles. The first-order valence-corrected chi connectivity index (χ1v) is 7.53. The van der Waals surface area contributed by atoms with Crippen LogP contribution in [0.15, 0.2) is 47.9 Å². The molecule has 5 nitrogen and oxygen atoms in total. The molecule has 0 atom stereocenters. The summed E-state index contributed by atoms with van der Waals surface area (Å²) in [6.07, 6.45) is 3.86. The van der Waals surface area contributed by atoms with Gasteiger partial charge in [0.1, 0.15) is 0 Å². The highest BCUT2D eigenvalue weighted by Gasteiger charge is 2.16. The van der Waals surface area contributed by atoms with Crippen LogP contribution in [-0.4, -0.2) is 27.8 Å². The molecule has 0 radical (unpaired) electrons. The van der Waals surface area contributed by atoms with E-state index in [0.717, 1.165) is 10.8 Å². The third-order valence-electron chi connectivity index (χ3n) is 2.92. The monoisotopic (exact) mass is 300 g/mol. The van der Waals surface area contributed by atoms with E-state index in [4.69, 9.17) is 5.26 Å². The third-order valence-corrected chi connectivity index (χ3v) is 3.96. The lowest BCUT2D eigenvalue weighted by Gasteiger charge is -2.21. The topological polar surface area (TPSA) is 61.9 Å². The van der Waals surface area contributed by atoms with Gasteiger partial charge in [0.05, 0.1) is 18.2 Å². The van der Waals surface area contributed by atoms with Crippen molar-refractivity contribution in [2.45, 2.75) is 11.6 Å². The maximum absolute atomic E-state index is 12.4. The number of carbonyl (C=O) groups is 1. The molecule has 0 fully saturated rings. The van der Waals surface area contributed by atoms with E-state index in [0.29, 0.717) is 18.7 Å². The van der Waals surface area contributed by atoms with Crippen molar-refractivity contribution in [3.05, 3.63) is 42.7 Å². The van der Waals surface area contributed by atoms with Crippen molar-refractivity contribution >= 4 is 23.4 Å². The molecule has 0 unspecified atom stereocenters. The maximum Gasteiger partial charge on any atom is 0.237 e. The molecular formula is C15H16N4OS. The molecule has 0 bridgehead atoms. The average Bonchev–Trinajstić information content (AvgIpc) is 2.92. The van der Waals surface area contributed by atoms with Crippen molar-refractivity contribution in [2.75, 3.05) is 17.2 Å². The normalized spacial score (nSPS) is 10.1. The Kier molecular flexibility index (Phi) is 5.41. The molecular weight excluding hydrogens is 284 g/mol. The molecule has 0 aliphatic carbocycles. The fraction of sp³-hybridized carbons (Fsp3) is 0.267. The van der Waals surface area contributed by atoms with Crippen LogP contribution in [0.2, 0.25) is 0 Å². The number of imidazole rings is 1. The summed E-state index contributed by atoms with van der Waals surface area (Å²) in [5, 5.41) is 9.56. The van der Waals surface area contributed by atoms with Gasteiger partial charge in [-0.15, -0.1) is 0 Å². The Morgan fingerprint density at radius 1 is 1.43 bits per heavy atom. The largest absolute Gasteiger partial charge is 0.329 e. The standard InChI is InChI=1S/C15H16N4OS/c1-18-11-9-17-15(18)21-12-14(20)19(10-5-8-16)13-6-3-2-4-7-13/h2-4,6-7,9,11H,5,10,12H2,1H3. The molecule has 0 saturated carbocycles. The molecule has 1 aromatic heterocycles. The first kappa shape index (κ1) is 15.1. The Labute approximate surface area is 128 Å². The van der Waals surface area contributed by atoms with E-state index in [2.05, 4.69) is 11.1 Å². The van der Waals surface area contributed by atoms with Gasteiger partial charge in [-0.3, -0.25) is 4.79 Å². The zero-order chi connectivity index (χ0) is 15.1. The number of hydrogen-bond donors (Lipinski definition) is 0.